The first kappa shape index (κ1) is 28.2. The van der Waals surface area contributed by atoms with Crippen LogP contribution in [-0.4, -0.2) is 57.6 Å². The van der Waals surface area contributed by atoms with Crippen LogP contribution in [0.1, 0.15) is 30.9 Å². The lowest BCUT2D eigenvalue weighted by Gasteiger charge is -2.29. The third-order valence-corrected chi connectivity index (χ3v) is 6.71. The van der Waals surface area contributed by atoms with Crippen LogP contribution < -0.4 is 9.62 Å². The van der Waals surface area contributed by atoms with Gasteiger partial charge in [-0.05, 0) is 43.5 Å². The molecule has 2 amide bonds. The van der Waals surface area contributed by atoms with Crippen LogP contribution in [0.3, 0.4) is 0 Å². The third-order valence-electron chi connectivity index (χ3n) is 5.51. The van der Waals surface area contributed by atoms with Crippen molar-refractivity contribution in [2.45, 2.75) is 38.4 Å². The maximum absolute atomic E-state index is 13.1. The number of likely N-dealkylation sites (N-methyl/N-ethyl adjacent to an activating group) is 1. The summed E-state index contributed by atoms with van der Waals surface area (Å²) in [5.74, 6) is -0.692. The van der Waals surface area contributed by atoms with Crippen molar-refractivity contribution in [3.05, 3.63) is 65.7 Å². The van der Waals surface area contributed by atoms with E-state index in [4.69, 9.17) is 0 Å². The number of nitrogens with zero attached hydrogens (tertiary/aromatic N) is 2. The number of amides is 2. The van der Waals surface area contributed by atoms with Crippen LogP contribution in [0.15, 0.2) is 54.6 Å². The number of hydrogen-bond donors (Lipinski definition) is 1. The molecule has 1 N–H and O–H groups in total. The minimum absolute atomic E-state index is 0.0600. The number of benzene rings is 2. The van der Waals surface area contributed by atoms with E-state index in [0.29, 0.717) is 6.42 Å². The molecule has 7 nitrogen and oxygen atoms in total. The quantitative estimate of drug-likeness (QED) is 0.499. The molecule has 2 aromatic carbocycles. The summed E-state index contributed by atoms with van der Waals surface area (Å²) in [5, 5.41) is 2.52. The molecule has 2 aromatic rings. The second-order valence-corrected chi connectivity index (χ2v) is 10.0. The van der Waals surface area contributed by atoms with Crippen molar-refractivity contribution in [1.82, 2.24) is 10.2 Å². The summed E-state index contributed by atoms with van der Waals surface area (Å²) in [4.78, 5) is 26.6. The van der Waals surface area contributed by atoms with Gasteiger partial charge in [0.05, 0.1) is 17.5 Å². The average Bonchev–Trinajstić information content (AvgIpc) is 2.80. The highest BCUT2D eigenvalue weighted by Gasteiger charge is 2.32. The fourth-order valence-corrected chi connectivity index (χ4v) is 4.58. The van der Waals surface area contributed by atoms with E-state index in [-0.39, 0.29) is 43.4 Å². The van der Waals surface area contributed by atoms with Crippen molar-refractivity contribution >= 4 is 27.5 Å². The van der Waals surface area contributed by atoms with Crippen molar-refractivity contribution in [3.63, 3.8) is 0 Å². The van der Waals surface area contributed by atoms with Gasteiger partial charge >= 0.3 is 6.18 Å². The fraction of sp³-hybridized carbons (Fsp3) is 0.417. The molecule has 0 spiro atoms. The number of rotatable bonds is 11. The highest BCUT2D eigenvalue weighted by atomic mass is 32.2. The first-order chi connectivity index (χ1) is 16.3. The summed E-state index contributed by atoms with van der Waals surface area (Å²) >= 11 is 0. The van der Waals surface area contributed by atoms with E-state index in [0.717, 1.165) is 34.3 Å². The van der Waals surface area contributed by atoms with Crippen LogP contribution >= 0.6 is 0 Å². The molecular formula is C24H30F3N3O4S. The van der Waals surface area contributed by atoms with E-state index >= 15 is 0 Å². The van der Waals surface area contributed by atoms with Gasteiger partial charge in [0.25, 0.3) is 0 Å². The monoisotopic (exact) mass is 513 g/mol. The van der Waals surface area contributed by atoms with Crippen molar-refractivity contribution < 1.29 is 31.2 Å². The predicted molar refractivity (Wildman–Crippen MR) is 128 cm³/mol. The molecule has 0 heterocycles. The Bertz CT molecular complexity index is 1110. The van der Waals surface area contributed by atoms with Crippen LogP contribution in [0.5, 0.6) is 0 Å². The van der Waals surface area contributed by atoms with Crippen LogP contribution in [0.2, 0.25) is 0 Å². The molecule has 35 heavy (non-hydrogen) atoms. The van der Waals surface area contributed by atoms with Gasteiger partial charge in [-0.1, -0.05) is 36.4 Å². The normalized spacial score (nSPS) is 12.6. The largest absolute Gasteiger partial charge is 0.416 e. The zero-order valence-corrected chi connectivity index (χ0v) is 20.7. The molecule has 0 saturated heterocycles. The lowest BCUT2D eigenvalue weighted by molar-refractivity contribution is -0.139. The lowest BCUT2D eigenvalue weighted by Crippen LogP contribution is -2.48. The van der Waals surface area contributed by atoms with Gasteiger partial charge in [0.15, 0.2) is 0 Å². The Morgan fingerprint density at radius 3 is 2.26 bits per heavy atom. The molecule has 0 radical (unpaired) electrons. The SMILES string of the molecule is CNC(=O)[C@@H](C)N(CCc1ccccc1)C(=O)CCCN(c1cccc(C(F)(F)F)c1)S(C)(=O)=O. The third kappa shape index (κ3) is 8.27. The Labute approximate surface area is 204 Å². The van der Waals surface area contributed by atoms with Crippen molar-refractivity contribution in [2.24, 2.45) is 0 Å². The number of alkyl halides is 3. The summed E-state index contributed by atoms with van der Waals surface area (Å²) in [6, 6.07) is 12.7. The first-order valence-corrected chi connectivity index (χ1v) is 12.9. The molecule has 0 aliphatic rings. The van der Waals surface area contributed by atoms with Gasteiger partial charge in [-0.2, -0.15) is 13.2 Å². The number of halogens is 3. The zero-order chi connectivity index (χ0) is 26.2. The Morgan fingerprint density at radius 2 is 1.69 bits per heavy atom. The second kappa shape index (κ2) is 12.1. The molecule has 0 aliphatic carbocycles. The van der Waals surface area contributed by atoms with E-state index in [1.54, 1.807) is 6.92 Å². The molecule has 192 valence electrons. The number of sulfonamides is 1. The minimum Gasteiger partial charge on any atom is -0.357 e. The Balaban J connectivity index is 2.13. The molecule has 0 fully saturated rings. The average molecular weight is 514 g/mol. The molecule has 1 atom stereocenters. The molecule has 0 saturated carbocycles. The van der Waals surface area contributed by atoms with Crippen LogP contribution in [0.4, 0.5) is 18.9 Å². The molecule has 11 heteroatoms. The summed E-state index contributed by atoms with van der Waals surface area (Å²) in [7, 11) is -2.43. The highest BCUT2D eigenvalue weighted by Crippen LogP contribution is 2.32. The van der Waals surface area contributed by atoms with Crippen molar-refractivity contribution in [1.29, 1.82) is 0 Å². The first-order valence-electron chi connectivity index (χ1n) is 11.0. The summed E-state index contributed by atoms with van der Waals surface area (Å²) in [5.41, 5.74) is -0.108. The van der Waals surface area contributed by atoms with E-state index in [1.165, 1.54) is 18.0 Å². The van der Waals surface area contributed by atoms with E-state index in [9.17, 15) is 31.2 Å². The number of carbonyl (C=O) groups is 2. The molecule has 2 rings (SSSR count). The Hall–Kier alpha value is -3.08. The van der Waals surface area contributed by atoms with E-state index < -0.39 is 27.8 Å². The van der Waals surface area contributed by atoms with E-state index in [2.05, 4.69) is 5.32 Å². The zero-order valence-electron chi connectivity index (χ0n) is 19.9. The summed E-state index contributed by atoms with van der Waals surface area (Å²) < 4.78 is 64.7. The van der Waals surface area contributed by atoms with Gasteiger partial charge in [-0.15, -0.1) is 0 Å². The molecule has 0 bridgehead atoms. The smallest absolute Gasteiger partial charge is 0.357 e. The summed E-state index contributed by atoms with van der Waals surface area (Å²) in [6.45, 7) is 1.70. The minimum atomic E-state index is -4.62. The fourth-order valence-electron chi connectivity index (χ4n) is 3.62. The Kier molecular flexibility index (Phi) is 9.70. The lowest BCUT2D eigenvalue weighted by atomic mass is 10.1. The Morgan fingerprint density at radius 1 is 1.03 bits per heavy atom. The van der Waals surface area contributed by atoms with Gasteiger partial charge in [0.1, 0.15) is 6.04 Å². The predicted octanol–water partition coefficient (Wildman–Crippen LogP) is 3.46. The van der Waals surface area contributed by atoms with Crippen LogP contribution in [-0.2, 0) is 32.2 Å². The maximum Gasteiger partial charge on any atom is 0.416 e. The standard InChI is InChI=1S/C24H30F3N3O4S/c1-18(23(32)28-2)29(16-14-19-9-5-4-6-10-19)22(31)13-8-15-30(35(3,33)34)21-12-7-11-20(17-21)24(25,26)27/h4-7,9-12,17-18H,8,13-16H2,1-3H3,(H,28,32)/t18-/m1/s1. The maximum atomic E-state index is 13.1. The second-order valence-electron chi connectivity index (χ2n) is 8.10. The van der Waals surface area contributed by atoms with Gasteiger partial charge in [-0.3, -0.25) is 13.9 Å². The number of anilines is 1. The van der Waals surface area contributed by atoms with Crippen LogP contribution in [0.25, 0.3) is 0 Å². The highest BCUT2D eigenvalue weighted by molar-refractivity contribution is 7.92. The topological polar surface area (TPSA) is 86.8 Å². The van der Waals surface area contributed by atoms with E-state index in [1.807, 2.05) is 30.3 Å². The van der Waals surface area contributed by atoms with Crippen molar-refractivity contribution in [2.75, 3.05) is 30.7 Å². The molecular weight excluding hydrogens is 483 g/mol. The van der Waals surface area contributed by atoms with Gasteiger partial charge < -0.3 is 10.2 Å². The van der Waals surface area contributed by atoms with Gasteiger partial charge in [0, 0.05) is 26.6 Å². The number of hydrogen-bond acceptors (Lipinski definition) is 4. The molecule has 0 aliphatic heterocycles. The summed E-state index contributed by atoms with van der Waals surface area (Å²) in [6.07, 6.45) is -3.22. The molecule has 0 unspecified atom stereocenters. The van der Waals surface area contributed by atoms with Crippen LogP contribution in [0, 0.1) is 0 Å². The molecule has 0 aromatic heterocycles. The number of carbonyl (C=O) groups excluding carboxylic acids is 2. The van der Waals surface area contributed by atoms with Crippen molar-refractivity contribution in [3.8, 4) is 0 Å². The number of nitrogens with one attached hydrogen (secondary N) is 1. The van der Waals surface area contributed by atoms with Gasteiger partial charge in [-0.25, -0.2) is 8.42 Å². The van der Waals surface area contributed by atoms with Gasteiger partial charge in [0.2, 0.25) is 21.8 Å².